The van der Waals surface area contributed by atoms with Crippen LogP contribution >= 0.6 is 11.6 Å². The predicted molar refractivity (Wildman–Crippen MR) is 159 cm³/mol. The van der Waals surface area contributed by atoms with Gasteiger partial charge in [0.15, 0.2) is 0 Å². The van der Waals surface area contributed by atoms with Gasteiger partial charge in [0.05, 0.1) is 35.2 Å². The fourth-order valence-electron chi connectivity index (χ4n) is 4.70. The Morgan fingerprint density at radius 2 is 1.77 bits per heavy atom. The molecule has 3 aromatic heterocycles. The monoisotopic (exact) mass is 546 g/mol. The average Bonchev–Trinajstić information content (AvgIpc) is 2.99. The van der Waals surface area contributed by atoms with Gasteiger partial charge in [-0.25, -0.2) is 4.98 Å². The van der Waals surface area contributed by atoms with Crippen molar-refractivity contribution >= 4 is 45.1 Å². The normalized spacial score (nSPS) is 11.1. The molecule has 0 aliphatic rings. The number of carbonyl (C=O) groups is 1. The second-order valence-electron chi connectivity index (χ2n) is 9.28. The Bertz CT molecular complexity index is 1940. The van der Waals surface area contributed by atoms with Crippen LogP contribution in [0.4, 0.5) is 5.69 Å². The third-order valence-corrected chi connectivity index (χ3v) is 6.97. The fourth-order valence-corrected chi connectivity index (χ4v) is 4.98. The van der Waals surface area contributed by atoms with E-state index in [0.29, 0.717) is 33.0 Å². The number of nitrogens with one attached hydrogen (secondary N) is 2. The van der Waals surface area contributed by atoms with Crippen LogP contribution in [0.15, 0.2) is 102 Å². The van der Waals surface area contributed by atoms with Crippen molar-refractivity contribution in [2.24, 2.45) is 0 Å². The van der Waals surface area contributed by atoms with Crippen LogP contribution in [0.5, 0.6) is 5.75 Å². The van der Waals surface area contributed by atoms with Gasteiger partial charge in [0.2, 0.25) is 11.3 Å². The molecule has 8 heteroatoms. The number of hydrogen-bond acceptors (Lipinski definition) is 5. The minimum atomic E-state index is -0.334. The van der Waals surface area contributed by atoms with Gasteiger partial charge >= 0.3 is 0 Å². The number of anilines is 1. The Morgan fingerprint density at radius 3 is 2.55 bits per heavy atom. The zero-order valence-corrected chi connectivity index (χ0v) is 22.2. The number of amides is 1. The minimum Gasteiger partial charge on any atom is -0.497 e. The average molecular weight is 547 g/mol. The van der Waals surface area contributed by atoms with Crippen LogP contribution in [0.2, 0.25) is 5.02 Å². The summed E-state index contributed by atoms with van der Waals surface area (Å²) in [6.07, 6.45) is 3.29. The van der Waals surface area contributed by atoms with E-state index in [1.54, 1.807) is 31.5 Å². The number of rotatable bonds is 6. The summed E-state index contributed by atoms with van der Waals surface area (Å²) in [6.45, 7) is 0. The highest BCUT2D eigenvalue weighted by atomic mass is 35.5. The molecule has 6 rings (SSSR count). The standard InChI is InChI=1S/C32H23ClN4O3/c1-40-23-11-9-19(10-12-23)14-28(38)36-27-18-35-32-25(31(27)39)17-24(29(37-32)20-6-3-2-4-7-20)22-15-21-8-5-13-34-30(21)26(33)16-22/h2-13,15-18H,14H2,1H3,(H,36,38)(H,35,37,39). The number of halogens is 1. The van der Waals surface area contributed by atoms with Crippen molar-refractivity contribution in [2.45, 2.75) is 6.42 Å². The van der Waals surface area contributed by atoms with Crippen LogP contribution in [0.3, 0.4) is 0 Å². The number of aromatic amines is 1. The molecule has 2 N–H and O–H groups in total. The first kappa shape index (κ1) is 25.3. The summed E-state index contributed by atoms with van der Waals surface area (Å²) >= 11 is 6.62. The Balaban J connectivity index is 1.44. The highest BCUT2D eigenvalue weighted by Gasteiger charge is 2.17. The van der Waals surface area contributed by atoms with Crippen molar-refractivity contribution in [3.63, 3.8) is 0 Å². The third-order valence-electron chi connectivity index (χ3n) is 6.68. The number of aromatic nitrogens is 3. The van der Waals surface area contributed by atoms with Crippen LogP contribution in [0.1, 0.15) is 5.56 Å². The molecule has 0 saturated heterocycles. The summed E-state index contributed by atoms with van der Waals surface area (Å²) in [5.74, 6) is 0.398. The van der Waals surface area contributed by atoms with E-state index in [9.17, 15) is 9.59 Å². The van der Waals surface area contributed by atoms with Crippen LogP contribution in [0.25, 0.3) is 44.3 Å². The molecule has 0 unspecified atom stereocenters. The molecule has 0 radical (unpaired) electrons. The maximum atomic E-state index is 13.6. The summed E-state index contributed by atoms with van der Waals surface area (Å²) in [5.41, 5.74) is 4.84. The van der Waals surface area contributed by atoms with E-state index in [1.807, 2.05) is 66.7 Å². The lowest BCUT2D eigenvalue weighted by Gasteiger charge is -2.13. The van der Waals surface area contributed by atoms with Gasteiger partial charge in [0, 0.05) is 28.9 Å². The fraction of sp³-hybridized carbons (Fsp3) is 0.0625. The molecule has 6 aromatic rings. The summed E-state index contributed by atoms with van der Waals surface area (Å²) in [4.78, 5) is 38.7. The second kappa shape index (κ2) is 10.6. The Kier molecular flexibility index (Phi) is 6.72. The number of methoxy groups -OCH3 is 1. The van der Waals surface area contributed by atoms with E-state index in [0.717, 1.165) is 27.6 Å². The maximum absolute atomic E-state index is 13.6. The van der Waals surface area contributed by atoms with Gasteiger partial charge in [-0.15, -0.1) is 0 Å². The molecule has 3 heterocycles. The van der Waals surface area contributed by atoms with Gasteiger partial charge < -0.3 is 15.0 Å². The summed E-state index contributed by atoms with van der Waals surface area (Å²) in [7, 11) is 1.59. The van der Waals surface area contributed by atoms with Gasteiger partial charge in [-0.2, -0.15) is 0 Å². The van der Waals surface area contributed by atoms with Gasteiger partial charge in [0.1, 0.15) is 17.1 Å². The third kappa shape index (κ3) is 4.90. The predicted octanol–water partition coefficient (Wildman–Crippen LogP) is 6.65. The van der Waals surface area contributed by atoms with Crippen molar-refractivity contribution in [2.75, 3.05) is 12.4 Å². The van der Waals surface area contributed by atoms with Crippen molar-refractivity contribution < 1.29 is 9.53 Å². The molecule has 0 aliphatic carbocycles. The summed E-state index contributed by atoms with van der Waals surface area (Å²) in [6, 6.07) is 26.4. The number of H-pyrrole nitrogens is 1. The second-order valence-corrected chi connectivity index (χ2v) is 9.69. The van der Waals surface area contributed by atoms with Gasteiger partial charge in [-0.1, -0.05) is 60.1 Å². The number of nitrogens with zero attached hydrogens (tertiary/aromatic N) is 2. The lowest BCUT2D eigenvalue weighted by atomic mass is 9.96. The topological polar surface area (TPSA) is 97.0 Å². The SMILES string of the molecule is COc1ccc(CC(=O)Nc2c[nH]c3nc(-c4ccccc4)c(-c4cc(Cl)c5ncccc5c4)cc3c2=O)cc1. The number of carbonyl (C=O) groups excluding carboxylic acids is 1. The van der Waals surface area contributed by atoms with Gasteiger partial charge in [0.25, 0.3) is 0 Å². The zero-order chi connectivity index (χ0) is 27.6. The summed E-state index contributed by atoms with van der Waals surface area (Å²) in [5, 5.41) is 4.47. The minimum absolute atomic E-state index is 0.113. The van der Waals surface area contributed by atoms with Crippen molar-refractivity contribution in [3.8, 4) is 28.1 Å². The number of fused-ring (bicyclic) bond motifs is 2. The first-order valence-electron chi connectivity index (χ1n) is 12.6. The number of ether oxygens (including phenoxy) is 1. The Hall–Kier alpha value is -5.01. The molecule has 0 spiro atoms. The van der Waals surface area contributed by atoms with E-state index >= 15 is 0 Å². The number of benzene rings is 3. The molecular formula is C32H23ClN4O3. The molecule has 196 valence electrons. The molecular weight excluding hydrogens is 524 g/mol. The van der Waals surface area contributed by atoms with Crippen LogP contribution in [-0.2, 0) is 11.2 Å². The Morgan fingerprint density at radius 1 is 0.975 bits per heavy atom. The van der Waals surface area contributed by atoms with E-state index < -0.39 is 0 Å². The van der Waals surface area contributed by atoms with Crippen molar-refractivity contribution in [1.29, 1.82) is 0 Å². The molecule has 0 aliphatic heterocycles. The molecule has 0 fully saturated rings. The van der Waals surface area contributed by atoms with Crippen LogP contribution in [0, 0.1) is 0 Å². The quantitative estimate of drug-likeness (QED) is 0.244. The van der Waals surface area contributed by atoms with Gasteiger partial charge in [-0.05, 0) is 47.5 Å². The molecule has 1 amide bonds. The van der Waals surface area contributed by atoms with E-state index in [2.05, 4.69) is 15.3 Å². The van der Waals surface area contributed by atoms with E-state index in [-0.39, 0.29) is 23.4 Å². The number of hydrogen-bond donors (Lipinski definition) is 2. The highest BCUT2D eigenvalue weighted by molar-refractivity contribution is 6.35. The maximum Gasteiger partial charge on any atom is 0.228 e. The van der Waals surface area contributed by atoms with Crippen LogP contribution in [-0.4, -0.2) is 28.0 Å². The van der Waals surface area contributed by atoms with Gasteiger partial charge in [-0.3, -0.25) is 14.6 Å². The summed E-state index contributed by atoms with van der Waals surface area (Å²) < 4.78 is 5.17. The highest BCUT2D eigenvalue weighted by Crippen LogP contribution is 2.36. The van der Waals surface area contributed by atoms with E-state index in [1.165, 1.54) is 6.20 Å². The van der Waals surface area contributed by atoms with Crippen LogP contribution < -0.4 is 15.5 Å². The number of pyridine rings is 3. The first-order valence-corrected chi connectivity index (χ1v) is 13.0. The lowest BCUT2D eigenvalue weighted by molar-refractivity contribution is -0.115. The first-order chi connectivity index (χ1) is 19.5. The smallest absolute Gasteiger partial charge is 0.228 e. The molecule has 40 heavy (non-hydrogen) atoms. The van der Waals surface area contributed by atoms with Crippen molar-refractivity contribution in [1.82, 2.24) is 15.0 Å². The van der Waals surface area contributed by atoms with Crippen molar-refractivity contribution in [3.05, 3.63) is 118 Å². The molecule has 0 atom stereocenters. The van der Waals surface area contributed by atoms with E-state index in [4.69, 9.17) is 21.3 Å². The molecule has 0 saturated carbocycles. The molecule has 3 aromatic carbocycles. The lowest BCUT2D eigenvalue weighted by Crippen LogP contribution is -2.20. The Labute approximate surface area is 234 Å². The zero-order valence-electron chi connectivity index (χ0n) is 21.4. The largest absolute Gasteiger partial charge is 0.497 e. The molecule has 0 bridgehead atoms. The molecule has 7 nitrogen and oxygen atoms in total.